The van der Waals surface area contributed by atoms with E-state index in [-0.39, 0.29) is 0 Å². The third kappa shape index (κ3) is 2.54. The molecule has 0 N–H and O–H groups in total. The minimum atomic E-state index is 0.322. The van der Waals surface area contributed by atoms with Crippen molar-refractivity contribution in [3.8, 4) is 0 Å². The predicted molar refractivity (Wildman–Crippen MR) is 72.2 cm³/mol. The molecule has 0 bridgehead atoms. The van der Waals surface area contributed by atoms with Gasteiger partial charge in [-0.2, -0.15) is 0 Å². The number of benzene rings is 1. The zero-order valence-corrected chi connectivity index (χ0v) is 10.6. The molecule has 3 rings (SSSR count). The van der Waals surface area contributed by atoms with Crippen molar-refractivity contribution in [1.29, 1.82) is 0 Å². The summed E-state index contributed by atoms with van der Waals surface area (Å²) >= 11 is 0. The second-order valence-electron chi connectivity index (χ2n) is 5.41. The van der Waals surface area contributed by atoms with Gasteiger partial charge in [0.1, 0.15) is 0 Å². The molecule has 1 aliphatic heterocycles. The highest BCUT2D eigenvalue weighted by Crippen LogP contribution is 2.31. The van der Waals surface area contributed by atoms with E-state index in [2.05, 4.69) is 35.2 Å². The fraction of sp³-hybridized carbons (Fsp3) is 0.438. The molecule has 2 aliphatic rings. The van der Waals surface area contributed by atoms with E-state index in [1.54, 1.807) is 0 Å². The van der Waals surface area contributed by atoms with Crippen molar-refractivity contribution < 1.29 is 4.79 Å². The lowest BCUT2D eigenvalue weighted by Gasteiger charge is -2.36. The largest absolute Gasteiger partial charge is 0.295 e. The van der Waals surface area contributed by atoms with Crippen LogP contribution >= 0.6 is 0 Å². The second-order valence-corrected chi connectivity index (χ2v) is 5.41. The topological polar surface area (TPSA) is 20.3 Å². The molecule has 2 heteroatoms. The highest BCUT2D eigenvalue weighted by atomic mass is 16.1. The number of carbonyl (C=O) groups is 1. The summed E-state index contributed by atoms with van der Waals surface area (Å²) in [7, 11) is 0. The van der Waals surface area contributed by atoms with Crippen molar-refractivity contribution in [1.82, 2.24) is 4.90 Å². The molecule has 2 nitrogen and oxygen atoms in total. The van der Waals surface area contributed by atoms with Crippen LogP contribution in [0, 0.1) is 5.92 Å². The van der Waals surface area contributed by atoms with E-state index in [4.69, 9.17) is 0 Å². The molecule has 18 heavy (non-hydrogen) atoms. The molecule has 0 radical (unpaired) electrons. The van der Waals surface area contributed by atoms with E-state index in [0.29, 0.717) is 11.7 Å². The summed E-state index contributed by atoms with van der Waals surface area (Å²) in [6.07, 6.45) is 4.95. The van der Waals surface area contributed by atoms with Crippen LogP contribution in [0.1, 0.15) is 24.8 Å². The fourth-order valence-corrected chi connectivity index (χ4v) is 3.06. The van der Waals surface area contributed by atoms with Crippen LogP contribution in [0.5, 0.6) is 0 Å². The van der Waals surface area contributed by atoms with Gasteiger partial charge in [-0.3, -0.25) is 9.69 Å². The summed E-state index contributed by atoms with van der Waals surface area (Å²) in [6.45, 7) is 3.13. The van der Waals surface area contributed by atoms with Gasteiger partial charge in [-0.15, -0.1) is 0 Å². The number of allylic oxidation sites excluding steroid dienone is 1. The number of likely N-dealkylation sites (tertiary alicyclic amines) is 1. The molecule has 1 heterocycles. The van der Waals surface area contributed by atoms with Gasteiger partial charge in [-0.05, 0) is 42.5 Å². The van der Waals surface area contributed by atoms with Gasteiger partial charge in [0, 0.05) is 19.5 Å². The molecular formula is C16H19NO. The first-order chi connectivity index (χ1) is 8.81. The molecule has 1 atom stereocenters. The van der Waals surface area contributed by atoms with Gasteiger partial charge in [0.2, 0.25) is 0 Å². The Morgan fingerprint density at radius 3 is 2.83 bits per heavy atom. The molecule has 1 saturated heterocycles. The highest BCUT2D eigenvalue weighted by molar-refractivity contribution is 5.91. The molecule has 1 fully saturated rings. The van der Waals surface area contributed by atoms with Crippen LogP contribution in [-0.4, -0.2) is 23.8 Å². The average molecular weight is 241 g/mol. The Morgan fingerprint density at radius 2 is 2.00 bits per heavy atom. The molecule has 1 aromatic rings. The SMILES string of the molecule is O=C1C=C2CN(Cc3ccccc3)CCC2CC1. The summed E-state index contributed by atoms with van der Waals surface area (Å²) in [6, 6.07) is 10.6. The van der Waals surface area contributed by atoms with Crippen LogP contribution in [0.25, 0.3) is 0 Å². The van der Waals surface area contributed by atoms with Crippen molar-refractivity contribution in [2.45, 2.75) is 25.8 Å². The lowest BCUT2D eigenvalue weighted by molar-refractivity contribution is -0.115. The van der Waals surface area contributed by atoms with Gasteiger partial charge in [-0.25, -0.2) is 0 Å². The number of rotatable bonds is 2. The highest BCUT2D eigenvalue weighted by Gasteiger charge is 2.27. The summed E-state index contributed by atoms with van der Waals surface area (Å²) in [5.41, 5.74) is 2.73. The standard InChI is InChI=1S/C16H19NO/c18-16-7-6-14-8-9-17(12-15(14)10-16)11-13-4-2-1-3-5-13/h1-5,10,14H,6-9,11-12H2. The van der Waals surface area contributed by atoms with E-state index in [1.807, 2.05) is 6.08 Å². The van der Waals surface area contributed by atoms with Crippen LogP contribution in [0.3, 0.4) is 0 Å². The molecule has 0 aromatic heterocycles. The number of hydrogen-bond donors (Lipinski definition) is 0. The van der Waals surface area contributed by atoms with Crippen LogP contribution in [-0.2, 0) is 11.3 Å². The fourth-order valence-electron chi connectivity index (χ4n) is 3.06. The lowest BCUT2D eigenvalue weighted by Crippen LogP contribution is -2.36. The van der Waals surface area contributed by atoms with Crippen LogP contribution < -0.4 is 0 Å². The molecule has 0 amide bonds. The molecular weight excluding hydrogens is 222 g/mol. The maximum absolute atomic E-state index is 11.5. The van der Waals surface area contributed by atoms with Crippen molar-refractivity contribution in [3.63, 3.8) is 0 Å². The summed E-state index contributed by atoms with van der Waals surface area (Å²) < 4.78 is 0. The average Bonchev–Trinajstić information content (AvgIpc) is 2.39. The first-order valence-corrected chi connectivity index (χ1v) is 6.81. The normalized spacial score (nSPS) is 24.6. The Labute approximate surface area is 108 Å². The first kappa shape index (κ1) is 11.7. The molecule has 1 aliphatic carbocycles. The van der Waals surface area contributed by atoms with Crippen LogP contribution in [0.4, 0.5) is 0 Å². The maximum Gasteiger partial charge on any atom is 0.155 e. The van der Waals surface area contributed by atoms with E-state index in [1.165, 1.54) is 17.6 Å². The summed E-state index contributed by atoms with van der Waals surface area (Å²) in [5, 5.41) is 0. The molecule has 0 saturated carbocycles. The van der Waals surface area contributed by atoms with E-state index < -0.39 is 0 Å². The molecule has 94 valence electrons. The van der Waals surface area contributed by atoms with Crippen LogP contribution in [0.2, 0.25) is 0 Å². The summed E-state index contributed by atoms with van der Waals surface area (Å²) in [5.74, 6) is 0.998. The third-order valence-corrected chi connectivity index (χ3v) is 4.06. The van der Waals surface area contributed by atoms with E-state index >= 15 is 0 Å². The quantitative estimate of drug-likeness (QED) is 0.793. The smallest absolute Gasteiger partial charge is 0.155 e. The number of carbonyl (C=O) groups excluding carboxylic acids is 1. The lowest BCUT2D eigenvalue weighted by atomic mass is 9.82. The zero-order valence-electron chi connectivity index (χ0n) is 10.6. The minimum Gasteiger partial charge on any atom is -0.295 e. The number of hydrogen-bond acceptors (Lipinski definition) is 2. The van der Waals surface area contributed by atoms with Gasteiger partial charge in [-0.1, -0.05) is 30.3 Å². The number of piperidine rings is 1. The van der Waals surface area contributed by atoms with Gasteiger partial charge in [0.05, 0.1) is 0 Å². The van der Waals surface area contributed by atoms with Crippen molar-refractivity contribution in [2.24, 2.45) is 5.92 Å². The Hall–Kier alpha value is -1.41. The predicted octanol–water partition coefficient (Wildman–Crippen LogP) is 2.80. The van der Waals surface area contributed by atoms with Gasteiger partial charge in [0.15, 0.2) is 5.78 Å². The number of fused-ring (bicyclic) bond motifs is 1. The monoisotopic (exact) mass is 241 g/mol. The molecule has 0 spiro atoms. The Kier molecular flexibility index (Phi) is 3.28. The van der Waals surface area contributed by atoms with Crippen molar-refractivity contribution in [3.05, 3.63) is 47.5 Å². The second kappa shape index (κ2) is 5.07. The van der Waals surface area contributed by atoms with E-state index in [0.717, 1.165) is 32.5 Å². The van der Waals surface area contributed by atoms with Gasteiger partial charge in [0.25, 0.3) is 0 Å². The Bertz CT molecular complexity index is 463. The molecule has 1 aromatic carbocycles. The number of nitrogens with zero attached hydrogens (tertiary/aromatic N) is 1. The third-order valence-electron chi connectivity index (χ3n) is 4.06. The first-order valence-electron chi connectivity index (χ1n) is 6.81. The van der Waals surface area contributed by atoms with Gasteiger partial charge < -0.3 is 0 Å². The molecule has 1 unspecified atom stereocenters. The Balaban J connectivity index is 1.68. The zero-order chi connectivity index (χ0) is 12.4. The Morgan fingerprint density at radius 1 is 1.17 bits per heavy atom. The number of ketones is 1. The van der Waals surface area contributed by atoms with E-state index in [9.17, 15) is 4.79 Å². The summed E-state index contributed by atoms with van der Waals surface area (Å²) in [4.78, 5) is 13.9. The minimum absolute atomic E-state index is 0.322. The van der Waals surface area contributed by atoms with Crippen LogP contribution in [0.15, 0.2) is 42.0 Å². The van der Waals surface area contributed by atoms with Crippen molar-refractivity contribution >= 4 is 5.78 Å². The van der Waals surface area contributed by atoms with Crippen molar-refractivity contribution in [2.75, 3.05) is 13.1 Å². The van der Waals surface area contributed by atoms with Gasteiger partial charge >= 0.3 is 0 Å². The maximum atomic E-state index is 11.5.